The minimum absolute atomic E-state index is 0.0795. The largest absolute Gasteiger partial charge is 0.392 e. The van der Waals surface area contributed by atoms with Gasteiger partial charge in [-0.1, -0.05) is 71.9 Å². The Morgan fingerprint density at radius 2 is 1.79 bits per heavy atom. The van der Waals surface area contributed by atoms with Crippen molar-refractivity contribution in [3.63, 3.8) is 0 Å². The standard InChI is InChI=1S/C25H37FN2S/c1-14(2)19-11-17(6)23(26)22(15(3)4)24(19)28-13-21(27)29-18-10-16(5)20(12-18)25(7,8)9/h11-15,28H,10,27H2,1-9H3/b21-13+. The lowest BCUT2D eigenvalue weighted by molar-refractivity contribution is 0.514. The maximum Gasteiger partial charge on any atom is 0.131 e. The fourth-order valence-corrected chi connectivity index (χ4v) is 4.83. The number of allylic oxidation sites excluding steroid dienone is 4. The summed E-state index contributed by atoms with van der Waals surface area (Å²) in [6.07, 6.45) is 5.03. The van der Waals surface area contributed by atoms with Crippen LogP contribution in [0.3, 0.4) is 0 Å². The molecule has 3 N–H and O–H groups in total. The third kappa shape index (κ3) is 5.48. The number of halogens is 1. The zero-order valence-corrected chi connectivity index (χ0v) is 20.3. The first-order chi connectivity index (χ1) is 13.3. The van der Waals surface area contributed by atoms with Gasteiger partial charge >= 0.3 is 0 Å². The molecular formula is C25H37FN2S. The van der Waals surface area contributed by atoms with Gasteiger partial charge in [0.1, 0.15) is 5.82 Å². The second-order valence-corrected chi connectivity index (χ2v) is 10.9. The van der Waals surface area contributed by atoms with E-state index >= 15 is 0 Å². The first-order valence-corrected chi connectivity index (χ1v) is 11.3. The molecule has 0 saturated carbocycles. The van der Waals surface area contributed by atoms with Gasteiger partial charge in [-0.15, -0.1) is 0 Å². The molecule has 0 atom stereocenters. The topological polar surface area (TPSA) is 38.0 Å². The maximum atomic E-state index is 14.9. The van der Waals surface area contributed by atoms with E-state index in [4.69, 9.17) is 5.73 Å². The number of nitrogens with one attached hydrogen (secondary N) is 1. The molecule has 4 heteroatoms. The normalized spacial score (nSPS) is 15.6. The Kier molecular flexibility index (Phi) is 7.32. The van der Waals surface area contributed by atoms with Crippen LogP contribution in [0.25, 0.3) is 0 Å². The number of anilines is 1. The molecule has 1 aliphatic carbocycles. The molecule has 2 nitrogen and oxygen atoms in total. The van der Waals surface area contributed by atoms with Gasteiger partial charge in [-0.3, -0.25) is 0 Å². The van der Waals surface area contributed by atoms with Crippen molar-refractivity contribution >= 4 is 17.4 Å². The molecule has 1 aliphatic rings. The number of aryl methyl sites for hydroxylation is 1. The quantitative estimate of drug-likeness (QED) is 0.494. The highest BCUT2D eigenvalue weighted by molar-refractivity contribution is 8.06. The van der Waals surface area contributed by atoms with Crippen molar-refractivity contribution in [3.05, 3.63) is 61.9 Å². The van der Waals surface area contributed by atoms with Crippen LogP contribution < -0.4 is 11.1 Å². The van der Waals surface area contributed by atoms with Crippen LogP contribution >= 0.6 is 11.8 Å². The van der Waals surface area contributed by atoms with Gasteiger partial charge in [-0.05, 0) is 58.8 Å². The van der Waals surface area contributed by atoms with Gasteiger partial charge in [0.15, 0.2) is 0 Å². The van der Waals surface area contributed by atoms with E-state index in [0.717, 1.165) is 23.2 Å². The van der Waals surface area contributed by atoms with Crippen LogP contribution in [0.2, 0.25) is 0 Å². The minimum atomic E-state index is -0.125. The summed E-state index contributed by atoms with van der Waals surface area (Å²) in [4.78, 5) is 1.26. The van der Waals surface area contributed by atoms with E-state index < -0.39 is 0 Å². The second-order valence-electron chi connectivity index (χ2n) is 9.72. The Labute approximate surface area is 180 Å². The fraction of sp³-hybridized carbons (Fsp3) is 0.520. The SMILES string of the molecule is CC1=C(C(C)(C)C)C=C(S/C(N)=C/Nc2c(C(C)C)cc(C)c(F)c2C(C)C)C1. The smallest absolute Gasteiger partial charge is 0.131 e. The molecule has 0 saturated heterocycles. The van der Waals surface area contributed by atoms with Gasteiger partial charge < -0.3 is 11.1 Å². The predicted octanol–water partition coefficient (Wildman–Crippen LogP) is 7.93. The molecule has 0 radical (unpaired) electrons. The van der Waals surface area contributed by atoms with Gasteiger partial charge in [0.25, 0.3) is 0 Å². The van der Waals surface area contributed by atoms with Crippen LogP contribution in [0.4, 0.5) is 10.1 Å². The highest BCUT2D eigenvalue weighted by Gasteiger charge is 2.24. The minimum Gasteiger partial charge on any atom is -0.392 e. The number of hydrogen-bond donors (Lipinski definition) is 2. The number of benzene rings is 1. The van der Waals surface area contributed by atoms with E-state index in [1.54, 1.807) is 11.8 Å². The number of nitrogens with two attached hydrogens (primary N) is 1. The maximum absolute atomic E-state index is 14.9. The van der Waals surface area contributed by atoms with E-state index in [2.05, 4.69) is 52.9 Å². The molecule has 1 aromatic carbocycles. The Hall–Kier alpha value is -1.68. The van der Waals surface area contributed by atoms with Crippen molar-refractivity contribution in [3.8, 4) is 0 Å². The number of hydrogen-bond acceptors (Lipinski definition) is 3. The van der Waals surface area contributed by atoms with Crippen molar-refractivity contribution in [2.45, 2.75) is 80.6 Å². The van der Waals surface area contributed by atoms with Crippen LogP contribution in [-0.4, -0.2) is 0 Å². The molecule has 0 fully saturated rings. The Morgan fingerprint density at radius 3 is 2.28 bits per heavy atom. The zero-order valence-electron chi connectivity index (χ0n) is 19.5. The summed E-state index contributed by atoms with van der Waals surface area (Å²) < 4.78 is 14.9. The van der Waals surface area contributed by atoms with Crippen LogP contribution in [0.5, 0.6) is 0 Å². The van der Waals surface area contributed by atoms with Crippen LogP contribution in [0.1, 0.15) is 90.3 Å². The molecule has 0 heterocycles. The van der Waals surface area contributed by atoms with Crippen LogP contribution in [-0.2, 0) is 0 Å². The number of thioether (sulfide) groups is 1. The molecule has 2 rings (SSSR count). The Morgan fingerprint density at radius 1 is 1.17 bits per heavy atom. The molecule has 0 amide bonds. The van der Waals surface area contributed by atoms with Crippen molar-refractivity contribution in [1.82, 2.24) is 0 Å². The lowest BCUT2D eigenvalue weighted by atomic mass is 9.85. The van der Waals surface area contributed by atoms with Gasteiger partial charge in [-0.25, -0.2) is 4.39 Å². The molecule has 0 bridgehead atoms. The highest BCUT2D eigenvalue weighted by Crippen LogP contribution is 2.42. The summed E-state index contributed by atoms with van der Waals surface area (Å²) >= 11 is 1.59. The lowest BCUT2D eigenvalue weighted by Gasteiger charge is -2.22. The van der Waals surface area contributed by atoms with Crippen molar-refractivity contribution in [2.24, 2.45) is 11.1 Å². The Balaban J connectivity index is 2.29. The van der Waals surface area contributed by atoms with Gasteiger partial charge in [-0.2, -0.15) is 0 Å². The first kappa shape index (κ1) is 23.6. The summed E-state index contributed by atoms with van der Waals surface area (Å²) in [5, 5.41) is 4.04. The summed E-state index contributed by atoms with van der Waals surface area (Å²) in [5.74, 6) is 0.242. The predicted molar refractivity (Wildman–Crippen MR) is 128 cm³/mol. The van der Waals surface area contributed by atoms with E-state index in [1.165, 1.54) is 16.1 Å². The van der Waals surface area contributed by atoms with E-state index in [0.29, 0.717) is 10.6 Å². The summed E-state index contributed by atoms with van der Waals surface area (Å²) in [7, 11) is 0. The molecule has 0 aromatic heterocycles. The third-order valence-corrected chi connectivity index (χ3v) is 6.21. The second kappa shape index (κ2) is 8.99. The first-order valence-electron chi connectivity index (χ1n) is 10.5. The van der Waals surface area contributed by atoms with E-state index in [9.17, 15) is 4.39 Å². The van der Waals surface area contributed by atoms with Gasteiger partial charge in [0.05, 0.1) is 5.03 Å². The molecule has 0 aliphatic heterocycles. The molecule has 1 aromatic rings. The van der Waals surface area contributed by atoms with Crippen molar-refractivity contribution in [2.75, 3.05) is 5.32 Å². The molecule has 29 heavy (non-hydrogen) atoms. The molecular weight excluding hydrogens is 379 g/mol. The van der Waals surface area contributed by atoms with E-state index in [-0.39, 0.29) is 23.1 Å². The summed E-state index contributed by atoms with van der Waals surface area (Å²) in [5.41, 5.74) is 12.7. The number of rotatable bonds is 6. The average molecular weight is 417 g/mol. The summed E-state index contributed by atoms with van der Waals surface area (Å²) in [6.45, 7) is 19.1. The van der Waals surface area contributed by atoms with Gasteiger partial charge in [0.2, 0.25) is 0 Å². The third-order valence-electron chi connectivity index (χ3n) is 5.33. The van der Waals surface area contributed by atoms with Crippen LogP contribution in [0.15, 0.2) is 39.4 Å². The molecule has 160 valence electrons. The van der Waals surface area contributed by atoms with Gasteiger partial charge in [0, 0.05) is 23.9 Å². The van der Waals surface area contributed by atoms with Crippen molar-refractivity contribution < 1.29 is 4.39 Å². The highest BCUT2D eigenvalue weighted by atomic mass is 32.2. The van der Waals surface area contributed by atoms with Crippen LogP contribution in [0, 0.1) is 18.2 Å². The lowest BCUT2D eigenvalue weighted by Crippen LogP contribution is -2.09. The van der Waals surface area contributed by atoms with Crippen molar-refractivity contribution in [1.29, 1.82) is 0 Å². The molecule has 0 unspecified atom stereocenters. The average Bonchev–Trinajstić information content (AvgIpc) is 2.95. The fourth-order valence-electron chi connectivity index (χ4n) is 3.94. The van der Waals surface area contributed by atoms with E-state index in [1.807, 2.05) is 33.0 Å². The molecule has 0 spiro atoms. The summed E-state index contributed by atoms with van der Waals surface area (Å²) in [6, 6.07) is 1.95. The zero-order chi connectivity index (χ0) is 22.1. The Bertz CT molecular complexity index is 868. The monoisotopic (exact) mass is 416 g/mol.